The number of aromatic amines is 1. The van der Waals surface area contributed by atoms with Crippen molar-refractivity contribution >= 4 is 23.3 Å². The van der Waals surface area contributed by atoms with Crippen molar-refractivity contribution in [2.75, 3.05) is 0 Å². The van der Waals surface area contributed by atoms with Gasteiger partial charge < -0.3 is 9.55 Å². The van der Waals surface area contributed by atoms with Crippen molar-refractivity contribution in [1.29, 1.82) is 0 Å². The number of hydrogen-bond donors (Lipinski definition) is 1. The maximum Gasteiger partial charge on any atom is 0.178 e. The first-order valence-electron chi connectivity index (χ1n) is 6.38. The number of H-pyrrole nitrogens is 1. The molecule has 0 saturated carbocycles. The first-order valence-corrected chi connectivity index (χ1v) is 6.79. The number of imidazole rings is 1. The van der Waals surface area contributed by atoms with Crippen LogP contribution in [0.4, 0.5) is 0 Å². The third kappa shape index (κ3) is 2.34. The molecule has 19 heavy (non-hydrogen) atoms. The van der Waals surface area contributed by atoms with Gasteiger partial charge in [-0.3, -0.25) is 0 Å². The molecule has 2 aromatic carbocycles. The van der Waals surface area contributed by atoms with Gasteiger partial charge >= 0.3 is 0 Å². The molecule has 0 bridgehead atoms. The lowest BCUT2D eigenvalue weighted by Crippen LogP contribution is -2.00. The van der Waals surface area contributed by atoms with Crippen LogP contribution in [0.2, 0.25) is 0 Å². The fraction of sp³-hybridized carbons (Fsp3) is 0.188. The van der Waals surface area contributed by atoms with Crippen LogP contribution in [0.3, 0.4) is 0 Å². The Labute approximate surface area is 117 Å². The largest absolute Gasteiger partial charge is 0.331 e. The van der Waals surface area contributed by atoms with Gasteiger partial charge in [-0.25, -0.2) is 0 Å². The lowest BCUT2D eigenvalue weighted by Gasteiger charge is -2.07. The maximum atomic E-state index is 5.43. The predicted molar refractivity (Wildman–Crippen MR) is 82.1 cm³/mol. The van der Waals surface area contributed by atoms with Gasteiger partial charge in [0.2, 0.25) is 0 Å². The quantitative estimate of drug-likeness (QED) is 0.685. The normalized spacial score (nSPS) is 11.1. The summed E-state index contributed by atoms with van der Waals surface area (Å²) < 4.78 is 2.93. The molecule has 0 radical (unpaired) electrons. The van der Waals surface area contributed by atoms with Gasteiger partial charge in [0, 0.05) is 0 Å². The highest BCUT2D eigenvalue weighted by atomic mass is 32.1. The minimum atomic E-state index is 0.778. The van der Waals surface area contributed by atoms with Crippen LogP contribution in [0.25, 0.3) is 11.0 Å². The number of nitrogens with one attached hydrogen (secondary N) is 1. The highest BCUT2D eigenvalue weighted by Crippen LogP contribution is 2.17. The van der Waals surface area contributed by atoms with Crippen LogP contribution in [0.5, 0.6) is 0 Å². The lowest BCUT2D eigenvalue weighted by atomic mass is 10.1. The number of hydrogen-bond acceptors (Lipinski definition) is 1. The van der Waals surface area contributed by atoms with Crippen LogP contribution in [-0.4, -0.2) is 9.55 Å². The second-order valence-corrected chi connectivity index (χ2v) is 5.42. The molecule has 3 rings (SSSR count). The van der Waals surface area contributed by atoms with Crippen molar-refractivity contribution in [3.8, 4) is 0 Å². The molecule has 0 aliphatic heterocycles. The zero-order chi connectivity index (χ0) is 13.4. The zero-order valence-electron chi connectivity index (χ0n) is 11.1. The summed E-state index contributed by atoms with van der Waals surface area (Å²) in [5.74, 6) is 0. The molecule has 0 unspecified atom stereocenters. The molecule has 0 atom stereocenters. The smallest absolute Gasteiger partial charge is 0.178 e. The van der Waals surface area contributed by atoms with E-state index in [2.05, 4.69) is 53.7 Å². The van der Waals surface area contributed by atoms with E-state index in [0.29, 0.717) is 0 Å². The fourth-order valence-electron chi connectivity index (χ4n) is 2.61. The van der Waals surface area contributed by atoms with Crippen LogP contribution >= 0.6 is 12.2 Å². The number of aromatic nitrogens is 2. The second-order valence-electron chi connectivity index (χ2n) is 5.03. The van der Waals surface area contributed by atoms with Gasteiger partial charge in [0.15, 0.2) is 4.77 Å². The summed E-state index contributed by atoms with van der Waals surface area (Å²) in [7, 11) is 0. The Kier molecular flexibility index (Phi) is 2.99. The molecule has 3 heteroatoms. The van der Waals surface area contributed by atoms with Crippen LogP contribution in [0.1, 0.15) is 16.7 Å². The van der Waals surface area contributed by atoms with E-state index in [1.165, 1.54) is 16.7 Å². The molecule has 0 fully saturated rings. The average molecular weight is 268 g/mol. The first kappa shape index (κ1) is 12.2. The first-order chi connectivity index (χ1) is 9.13. The summed E-state index contributed by atoms with van der Waals surface area (Å²) in [5.41, 5.74) is 6.13. The van der Waals surface area contributed by atoms with Gasteiger partial charge in [0.05, 0.1) is 17.6 Å². The standard InChI is InChI=1S/C16H16N2S/c1-11-7-12(2)9-13(8-11)10-18-15-6-4-3-5-14(15)17-16(18)19/h3-9H,10H2,1-2H3,(H,17,19). The number of nitrogens with zero attached hydrogens (tertiary/aromatic N) is 1. The molecular formula is C16H16N2S. The van der Waals surface area contributed by atoms with E-state index in [0.717, 1.165) is 22.3 Å². The molecule has 0 spiro atoms. The third-order valence-electron chi connectivity index (χ3n) is 3.30. The Hall–Kier alpha value is -1.87. The van der Waals surface area contributed by atoms with Gasteiger partial charge in [0.1, 0.15) is 0 Å². The number of para-hydroxylation sites is 2. The van der Waals surface area contributed by atoms with E-state index in [1.54, 1.807) is 0 Å². The molecule has 0 aliphatic rings. The minimum absolute atomic E-state index is 0.778. The van der Waals surface area contributed by atoms with Crippen molar-refractivity contribution in [1.82, 2.24) is 9.55 Å². The van der Waals surface area contributed by atoms with Gasteiger partial charge in [-0.15, -0.1) is 0 Å². The molecule has 0 saturated heterocycles. The summed E-state index contributed by atoms with van der Waals surface area (Å²) in [6, 6.07) is 14.9. The Bertz CT molecular complexity index is 776. The van der Waals surface area contributed by atoms with E-state index in [9.17, 15) is 0 Å². The number of aryl methyl sites for hydroxylation is 2. The van der Waals surface area contributed by atoms with E-state index >= 15 is 0 Å². The average Bonchev–Trinajstić information content (AvgIpc) is 2.65. The molecule has 0 amide bonds. The molecular weight excluding hydrogens is 252 g/mol. The van der Waals surface area contributed by atoms with Crippen molar-refractivity contribution in [3.63, 3.8) is 0 Å². The van der Waals surface area contributed by atoms with Crippen LogP contribution < -0.4 is 0 Å². The summed E-state index contributed by atoms with van der Waals surface area (Å²) in [6.07, 6.45) is 0. The van der Waals surface area contributed by atoms with Crippen molar-refractivity contribution < 1.29 is 0 Å². The molecule has 3 aromatic rings. The summed E-state index contributed by atoms with van der Waals surface area (Å²) in [6.45, 7) is 5.07. The lowest BCUT2D eigenvalue weighted by molar-refractivity contribution is 0.809. The monoisotopic (exact) mass is 268 g/mol. The molecule has 1 heterocycles. The topological polar surface area (TPSA) is 20.7 Å². The molecule has 0 aliphatic carbocycles. The predicted octanol–water partition coefficient (Wildman–Crippen LogP) is 4.36. The Balaban J connectivity index is 2.10. The molecule has 1 N–H and O–H groups in total. The SMILES string of the molecule is Cc1cc(C)cc(Cn2c(=S)[nH]c3ccccc32)c1. The van der Waals surface area contributed by atoms with E-state index in [-0.39, 0.29) is 0 Å². The number of rotatable bonds is 2. The van der Waals surface area contributed by atoms with E-state index < -0.39 is 0 Å². The van der Waals surface area contributed by atoms with Gasteiger partial charge in [-0.2, -0.15) is 0 Å². The van der Waals surface area contributed by atoms with E-state index in [4.69, 9.17) is 12.2 Å². The number of benzene rings is 2. The molecule has 1 aromatic heterocycles. The summed E-state index contributed by atoms with van der Waals surface area (Å²) in [4.78, 5) is 3.25. The fourth-order valence-corrected chi connectivity index (χ4v) is 2.88. The van der Waals surface area contributed by atoms with Crippen LogP contribution in [0.15, 0.2) is 42.5 Å². The summed E-state index contributed by atoms with van der Waals surface area (Å²) in [5, 5.41) is 0. The van der Waals surface area contributed by atoms with Crippen molar-refractivity contribution in [2.24, 2.45) is 0 Å². The van der Waals surface area contributed by atoms with Gasteiger partial charge in [0.25, 0.3) is 0 Å². The van der Waals surface area contributed by atoms with Crippen molar-refractivity contribution in [3.05, 3.63) is 63.9 Å². The number of fused-ring (bicyclic) bond motifs is 1. The van der Waals surface area contributed by atoms with Crippen LogP contribution in [0, 0.1) is 18.6 Å². The summed E-state index contributed by atoms with van der Waals surface area (Å²) >= 11 is 5.43. The van der Waals surface area contributed by atoms with Crippen molar-refractivity contribution in [2.45, 2.75) is 20.4 Å². The van der Waals surface area contributed by atoms with E-state index in [1.807, 2.05) is 12.1 Å². The third-order valence-corrected chi connectivity index (χ3v) is 3.63. The Morgan fingerprint density at radius 1 is 1.05 bits per heavy atom. The second kappa shape index (κ2) is 4.67. The Morgan fingerprint density at radius 3 is 2.47 bits per heavy atom. The highest BCUT2D eigenvalue weighted by Gasteiger charge is 2.05. The van der Waals surface area contributed by atoms with Crippen LogP contribution in [-0.2, 0) is 6.54 Å². The minimum Gasteiger partial charge on any atom is -0.331 e. The highest BCUT2D eigenvalue weighted by molar-refractivity contribution is 7.71. The zero-order valence-corrected chi connectivity index (χ0v) is 11.9. The maximum absolute atomic E-state index is 5.43. The van der Waals surface area contributed by atoms with Gasteiger partial charge in [-0.1, -0.05) is 41.5 Å². The molecule has 2 nitrogen and oxygen atoms in total. The van der Waals surface area contributed by atoms with Gasteiger partial charge in [-0.05, 0) is 43.8 Å². The molecule has 96 valence electrons. The Morgan fingerprint density at radius 2 is 1.74 bits per heavy atom.